The number of amides is 1. The van der Waals surface area contributed by atoms with Gasteiger partial charge < -0.3 is 19.5 Å². The third-order valence-electron chi connectivity index (χ3n) is 3.61. The van der Waals surface area contributed by atoms with Crippen LogP contribution in [0.4, 0.5) is 5.69 Å². The number of methoxy groups -OCH3 is 1. The fourth-order valence-electron chi connectivity index (χ4n) is 2.34. The summed E-state index contributed by atoms with van der Waals surface area (Å²) in [5, 5.41) is 3.45. The van der Waals surface area contributed by atoms with Crippen LogP contribution in [0.15, 0.2) is 30.3 Å². The zero-order valence-electron chi connectivity index (χ0n) is 12.8. The van der Waals surface area contributed by atoms with E-state index in [1.54, 1.807) is 30.3 Å². The molecule has 0 saturated carbocycles. The Hall–Kier alpha value is -2.40. The highest BCUT2D eigenvalue weighted by Gasteiger charge is 2.21. The smallest absolute Gasteiger partial charge is 0.255 e. The lowest BCUT2D eigenvalue weighted by atomic mass is 10.1. The number of benzene rings is 2. The minimum atomic E-state index is -0.273. The van der Waals surface area contributed by atoms with E-state index in [-0.39, 0.29) is 5.91 Å². The molecule has 5 nitrogen and oxygen atoms in total. The first-order valence-corrected chi connectivity index (χ1v) is 7.52. The van der Waals surface area contributed by atoms with Crippen molar-refractivity contribution in [3.05, 3.63) is 46.5 Å². The van der Waals surface area contributed by atoms with E-state index in [1.165, 1.54) is 7.11 Å². The molecule has 0 aliphatic carbocycles. The van der Waals surface area contributed by atoms with E-state index >= 15 is 0 Å². The fourth-order valence-corrected chi connectivity index (χ4v) is 2.52. The van der Waals surface area contributed by atoms with Crippen LogP contribution in [0.25, 0.3) is 0 Å². The number of hydrogen-bond acceptors (Lipinski definition) is 4. The molecule has 2 aromatic carbocycles. The summed E-state index contributed by atoms with van der Waals surface area (Å²) in [6, 6.07) is 8.64. The van der Waals surface area contributed by atoms with Gasteiger partial charge in [-0.3, -0.25) is 4.79 Å². The average molecular weight is 334 g/mol. The lowest BCUT2D eigenvalue weighted by molar-refractivity contribution is 0.102. The third-order valence-corrected chi connectivity index (χ3v) is 4.02. The SMILES string of the molecule is COc1cc(C(=O)Nc2cccc(Cl)c2C)cc2c1OCCO2. The summed E-state index contributed by atoms with van der Waals surface area (Å²) in [6.45, 7) is 2.74. The Balaban J connectivity index is 1.92. The first-order valence-electron chi connectivity index (χ1n) is 7.14. The molecular formula is C17H16ClNO4. The van der Waals surface area contributed by atoms with Crippen molar-refractivity contribution in [1.82, 2.24) is 0 Å². The molecule has 0 saturated heterocycles. The van der Waals surface area contributed by atoms with Crippen LogP contribution in [0.2, 0.25) is 5.02 Å². The van der Waals surface area contributed by atoms with E-state index in [9.17, 15) is 4.79 Å². The van der Waals surface area contributed by atoms with Crippen LogP contribution in [0.1, 0.15) is 15.9 Å². The van der Waals surface area contributed by atoms with Crippen molar-refractivity contribution >= 4 is 23.2 Å². The van der Waals surface area contributed by atoms with Crippen molar-refractivity contribution in [2.75, 3.05) is 25.6 Å². The van der Waals surface area contributed by atoms with Crippen molar-refractivity contribution in [3.8, 4) is 17.2 Å². The molecule has 1 aliphatic rings. The number of ether oxygens (including phenoxy) is 3. The Morgan fingerprint density at radius 2 is 2.04 bits per heavy atom. The number of nitrogens with one attached hydrogen (secondary N) is 1. The predicted octanol–water partition coefficient (Wildman–Crippen LogP) is 3.68. The van der Waals surface area contributed by atoms with Gasteiger partial charge in [-0.2, -0.15) is 0 Å². The monoisotopic (exact) mass is 333 g/mol. The van der Waals surface area contributed by atoms with Gasteiger partial charge in [0.05, 0.1) is 7.11 Å². The van der Waals surface area contributed by atoms with Gasteiger partial charge in [-0.05, 0) is 36.8 Å². The van der Waals surface area contributed by atoms with Gasteiger partial charge in [0.25, 0.3) is 5.91 Å². The summed E-state index contributed by atoms with van der Waals surface area (Å²) in [6.07, 6.45) is 0. The van der Waals surface area contributed by atoms with Crippen molar-refractivity contribution in [1.29, 1.82) is 0 Å². The molecule has 3 rings (SSSR count). The molecule has 1 amide bonds. The number of carbonyl (C=O) groups excluding carboxylic acids is 1. The summed E-state index contributed by atoms with van der Waals surface area (Å²) in [5.74, 6) is 1.22. The number of halogens is 1. The van der Waals surface area contributed by atoms with Crippen LogP contribution in [0.3, 0.4) is 0 Å². The van der Waals surface area contributed by atoms with Crippen molar-refractivity contribution in [2.24, 2.45) is 0 Å². The summed E-state index contributed by atoms with van der Waals surface area (Å²) < 4.78 is 16.4. The minimum Gasteiger partial charge on any atom is -0.493 e. The standard InChI is InChI=1S/C17H16ClNO4/c1-10-12(18)4-3-5-13(10)19-17(20)11-8-14(21-2)16-15(9-11)22-6-7-23-16/h3-5,8-9H,6-7H2,1-2H3,(H,19,20). The fraction of sp³-hybridized carbons (Fsp3) is 0.235. The number of carbonyl (C=O) groups is 1. The molecule has 120 valence electrons. The summed E-state index contributed by atoms with van der Waals surface area (Å²) in [4.78, 5) is 12.5. The van der Waals surface area contributed by atoms with Gasteiger partial charge >= 0.3 is 0 Å². The van der Waals surface area contributed by atoms with Crippen LogP contribution in [0, 0.1) is 6.92 Å². The molecule has 0 spiro atoms. The lowest BCUT2D eigenvalue weighted by Gasteiger charge is -2.21. The van der Waals surface area contributed by atoms with Gasteiger partial charge in [0, 0.05) is 16.3 Å². The largest absolute Gasteiger partial charge is 0.493 e. The Morgan fingerprint density at radius 1 is 1.26 bits per heavy atom. The molecule has 0 bridgehead atoms. The molecule has 1 heterocycles. The van der Waals surface area contributed by atoms with Gasteiger partial charge in [-0.1, -0.05) is 17.7 Å². The number of hydrogen-bond donors (Lipinski definition) is 1. The van der Waals surface area contributed by atoms with Gasteiger partial charge in [-0.25, -0.2) is 0 Å². The Bertz CT molecular complexity index is 743. The normalized spacial score (nSPS) is 12.7. The highest BCUT2D eigenvalue weighted by atomic mass is 35.5. The van der Waals surface area contributed by atoms with E-state index in [1.807, 2.05) is 6.92 Å². The number of anilines is 1. The Kier molecular flexibility index (Phi) is 4.30. The van der Waals surface area contributed by atoms with E-state index < -0.39 is 0 Å². The summed E-state index contributed by atoms with van der Waals surface area (Å²) in [7, 11) is 1.52. The maximum atomic E-state index is 12.5. The molecule has 0 atom stereocenters. The van der Waals surface area contributed by atoms with Crippen molar-refractivity contribution in [2.45, 2.75) is 6.92 Å². The maximum Gasteiger partial charge on any atom is 0.255 e. The second-order valence-electron chi connectivity index (χ2n) is 5.07. The molecule has 1 N–H and O–H groups in total. The lowest BCUT2D eigenvalue weighted by Crippen LogP contribution is -2.18. The highest BCUT2D eigenvalue weighted by molar-refractivity contribution is 6.31. The van der Waals surface area contributed by atoms with Crippen LogP contribution in [-0.4, -0.2) is 26.2 Å². The van der Waals surface area contributed by atoms with Gasteiger partial charge in [0.2, 0.25) is 5.75 Å². The number of fused-ring (bicyclic) bond motifs is 1. The van der Waals surface area contributed by atoms with Crippen LogP contribution >= 0.6 is 11.6 Å². The van der Waals surface area contributed by atoms with E-state index in [0.717, 1.165) is 5.56 Å². The molecule has 0 aromatic heterocycles. The third kappa shape index (κ3) is 3.05. The Labute approximate surface area is 139 Å². The Morgan fingerprint density at radius 3 is 2.83 bits per heavy atom. The second kappa shape index (κ2) is 6.38. The van der Waals surface area contributed by atoms with Crippen molar-refractivity contribution in [3.63, 3.8) is 0 Å². The highest BCUT2D eigenvalue weighted by Crippen LogP contribution is 2.40. The quantitative estimate of drug-likeness (QED) is 0.931. The maximum absolute atomic E-state index is 12.5. The summed E-state index contributed by atoms with van der Waals surface area (Å²) in [5.41, 5.74) is 1.90. The van der Waals surface area contributed by atoms with Crippen LogP contribution in [0.5, 0.6) is 17.2 Å². The zero-order valence-corrected chi connectivity index (χ0v) is 13.6. The van der Waals surface area contributed by atoms with E-state index in [2.05, 4.69) is 5.32 Å². The van der Waals surface area contributed by atoms with Gasteiger partial charge in [0.15, 0.2) is 11.5 Å². The molecule has 0 fully saturated rings. The van der Waals surface area contributed by atoms with E-state index in [4.69, 9.17) is 25.8 Å². The molecule has 23 heavy (non-hydrogen) atoms. The number of rotatable bonds is 3. The second-order valence-corrected chi connectivity index (χ2v) is 5.48. The topological polar surface area (TPSA) is 56.8 Å². The van der Waals surface area contributed by atoms with Crippen molar-refractivity contribution < 1.29 is 19.0 Å². The first-order chi connectivity index (χ1) is 11.1. The average Bonchev–Trinajstić information content (AvgIpc) is 2.57. The molecule has 0 unspecified atom stereocenters. The molecular weight excluding hydrogens is 318 g/mol. The van der Waals surface area contributed by atoms with Gasteiger partial charge in [0.1, 0.15) is 13.2 Å². The van der Waals surface area contributed by atoms with Crippen LogP contribution in [-0.2, 0) is 0 Å². The minimum absolute atomic E-state index is 0.273. The van der Waals surface area contributed by atoms with Gasteiger partial charge in [-0.15, -0.1) is 0 Å². The zero-order chi connectivity index (χ0) is 16.4. The predicted molar refractivity (Wildman–Crippen MR) is 88.1 cm³/mol. The molecule has 1 aliphatic heterocycles. The molecule has 6 heteroatoms. The first kappa shape index (κ1) is 15.5. The summed E-state index contributed by atoms with van der Waals surface area (Å²) >= 11 is 6.08. The molecule has 2 aromatic rings. The van der Waals surface area contributed by atoms with Crippen LogP contribution < -0.4 is 19.5 Å². The van der Waals surface area contributed by atoms with E-state index in [0.29, 0.717) is 46.7 Å². The molecule has 0 radical (unpaired) electrons.